The average Bonchev–Trinajstić information content (AvgIpc) is 3.09. The molecule has 0 spiro atoms. The zero-order valence-corrected chi connectivity index (χ0v) is 16.3. The van der Waals surface area contributed by atoms with Crippen molar-refractivity contribution in [2.45, 2.75) is 39.2 Å². The van der Waals surface area contributed by atoms with E-state index in [2.05, 4.69) is 42.5 Å². The number of nitrogens with zero attached hydrogens (tertiary/aromatic N) is 2. The van der Waals surface area contributed by atoms with E-state index in [1.165, 1.54) is 16.8 Å². The molecule has 1 heterocycles. The number of amides is 1. The van der Waals surface area contributed by atoms with E-state index >= 15 is 0 Å². The lowest BCUT2D eigenvalue weighted by Crippen LogP contribution is -2.31. The second kappa shape index (κ2) is 7.20. The van der Waals surface area contributed by atoms with Crippen LogP contribution in [-0.4, -0.2) is 15.7 Å². The average molecular weight is 380 g/mol. The van der Waals surface area contributed by atoms with Gasteiger partial charge in [-0.25, -0.2) is 4.68 Å². The molecule has 1 aliphatic rings. The maximum absolute atomic E-state index is 12.7. The van der Waals surface area contributed by atoms with Gasteiger partial charge in [0.05, 0.1) is 28.5 Å². The Balaban J connectivity index is 1.63. The molecule has 1 amide bonds. The molecule has 2 aromatic carbocycles. The molecule has 0 radical (unpaired) electrons. The molecule has 27 heavy (non-hydrogen) atoms. The van der Waals surface area contributed by atoms with Gasteiger partial charge in [-0.15, -0.1) is 0 Å². The van der Waals surface area contributed by atoms with Gasteiger partial charge in [-0.2, -0.15) is 5.10 Å². The van der Waals surface area contributed by atoms with E-state index in [9.17, 15) is 4.79 Å². The predicted molar refractivity (Wildman–Crippen MR) is 108 cm³/mol. The Morgan fingerprint density at radius 3 is 2.78 bits per heavy atom. The predicted octanol–water partition coefficient (Wildman–Crippen LogP) is 4.95. The minimum Gasteiger partial charge on any atom is -0.345 e. The highest BCUT2D eigenvalue weighted by Gasteiger charge is 2.26. The van der Waals surface area contributed by atoms with Crippen molar-refractivity contribution >= 4 is 17.5 Å². The minimum absolute atomic E-state index is 0.0437. The second-order valence-electron chi connectivity index (χ2n) is 7.13. The van der Waals surface area contributed by atoms with Crippen LogP contribution in [0.2, 0.25) is 5.02 Å². The Hall–Kier alpha value is -2.59. The van der Waals surface area contributed by atoms with E-state index in [0.29, 0.717) is 10.6 Å². The van der Waals surface area contributed by atoms with Crippen LogP contribution in [0.25, 0.3) is 5.69 Å². The number of aryl methyl sites for hydroxylation is 2. The molecule has 4 nitrogen and oxygen atoms in total. The number of aromatic nitrogens is 2. The SMILES string of the molecule is Cc1ccc(-n2ncc3c2CCCC3NC(=O)c2ccccc2Cl)cc1C. The number of hydrogen-bond acceptors (Lipinski definition) is 2. The monoisotopic (exact) mass is 379 g/mol. The molecular formula is C22H22ClN3O. The molecular weight excluding hydrogens is 358 g/mol. The second-order valence-corrected chi connectivity index (χ2v) is 7.53. The lowest BCUT2D eigenvalue weighted by atomic mass is 9.92. The van der Waals surface area contributed by atoms with Gasteiger partial charge in [-0.3, -0.25) is 4.79 Å². The van der Waals surface area contributed by atoms with Gasteiger partial charge in [-0.05, 0) is 68.5 Å². The number of fused-ring (bicyclic) bond motifs is 1. The van der Waals surface area contributed by atoms with Crippen molar-refractivity contribution < 1.29 is 4.79 Å². The van der Waals surface area contributed by atoms with E-state index in [1.807, 2.05) is 23.0 Å². The number of rotatable bonds is 3. The Morgan fingerprint density at radius 1 is 1.19 bits per heavy atom. The fourth-order valence-electron chi connectivity index (χ4n) is 3.67. The first-order valence-corrected chi connectivity index (χ1v) is 9.62. The maximum Gasteiger partial charge on any atom is 0.253 e. The molecule has 4 rings (SSSR count). The summed E-state index contributed by atoms with van der Waals surface area (Å²) in [5.41, 5.74) is 6.36. The van der Waals surface area contributed by atoms with Crippen molar-refractivity contribution in [3.8, 4) is 5.69 Å². The number of hydrogen-bond donors (Lipinski definition) is 1. The summed E-state index contributed by atoms with van der Waals surface area (Å²) in [6.45, 7) is 4.22. The maximum atomic E-state index is 12.7. The first-order valence-electron chi connectivity index (χ1n) is 9.24. The molecule has 0 aliphatic heterocycles. The molecule has 0 fully saturated rings. The summed E-state index contributed by atoms with van der Waals surface area (Å²) in [6, 6.07) is 13.5. The quantitative estimate of drug-likeness (QED) is 0.699. The molecule has 0 saturated heterocycles. The lowest BCUT2D eigenvalue weighted by molar-refractivity contribution is 0.0933. The van der Waals surface area contributed by atoms with Crippen molar-refractivity contribution in [3.05, 3.63) is 81.6 Å². The van der Waals surface area contributed by atoms with E-state index in [4.69, 9.17) is 11.6 Å². The fraction of sp³-hybridized carbons (Fsp3) is 0.273. The molecule has 5 heteroatoms. The molecule has 3 aromatic rings. The number of benzene rings is 2. The van der Waals surface area contributed by atoms with Crippen molar-refractivity contribution in [2.75, 3.05) is 0 Å². The Morgan fingerprint density at radius 2 is 2.00 bits per heavy atom. The third kappa shape index (κ3) is 3.37. The molecule has 1 N–H and O–H groups in total. The smallest absolute Gasteiger partial charge is 0.253 e. The summed E-state index contributed by atoms with van der Waals surface area (Å²) >= 11 is 6.17. The van der Waals surface area contributed by atoms with Crippen LogP contribution in [-0.2, 0) is 6.42 Å². The summed E-state index contributed by atoms with van der Waals surface area (Å²) < 4.78 is 2.01. The van der Waals surface area contributed by atoms with Crippen LogP contribution >= 0.6 is 11.6 Å². The van der Waals surface area contributed by atoms with Gasteiger partial charge in [0, 0.05) is 11.3 Å². The van der Waals surface area contributed by atoms with Crippen LogP contribution in [0.3, 0.4) is 0 Å². The largest absolute Gasteiger partial charge is 0.345 e. The van der Waals surface area contributed by atoms with E-state index in [-0.39, 0.29) is 11.9 Å². The van der Waals surface area contributed by atoms with Crippen molar-refractivity contribution in [2.24, 2.45) is 0 Å². The lowest BCUT2D eigenvalue weighted by Gasteiger charge is -2.24. The normalized spacial score (nSPS) is 16.0. The summed E-state index contributed by atoms with van der Waals surface area (Å²) in [7, 11) is 0. The van der Waals surface area contributed by atoms with Crippen molar-refractivity contribution in [1.29, 1.82) is 0 Å². The number of halogens is 1. The number of carbonyl (C=O) groups is 1. The third-order valence-electron chi connectivity index (χ3n) is 5.34. The van der Waals surface area contributed by atoms with Gasteiger partial charge < -0.3 is 5.32 Å². The van der Waals surface area contributed by atoms with E-state index in [0.717, 1.165) is 30.5 Å². The van der Waals surface area contributed by atoms with Crippen LogP contribution in [0.4, 0.5) is 0 Å². The van der Waals surface area contributed by atoms with Crippen LogP contribution in [0.15, 0.2) is 48.7 Å². The van der Waals surface area contributed by atoms with E-state index < -0.39 is 0 Å². The minimum atomic E-state index is -0.141. The van der Waals surface area contributed by atoms with E-state index in [1.54, 1.807) is 12.1 Å². The molecule has 138 valence electrons. The van der Waals surface area contributed by atoms with Crippen molar-refractivity contribution in [3.63, 3.8) is 0 Å². The topological polar surface area (TPSA) is 46.9 Å². The molecule has 1 atom stereocenters. The molecule has 0 bridgehead atoms. The van der Waals surface area contributed by atoms with Gasteiger partial charge in [0.15, 0.2) is 0 Å². The number of carbonyl (C=O) groups excluding carboxylic acids is 1. The zero-order valence-electron chi connectivity index (χ0n) is 15.5. The van der Waals surface area contributed by atoms with Gasteiger partial charge in [-0.1, -0.05) is 29.8 Å². The van der Waals surface area contributed by atoms with Gasteiger partial charge in [0.25, 0.3) is 5.91 Å². The Labute approximate surface area is 164 Å². The standard InChI is InChI=1S/C22H22ClN3O/c1-14-10-11-16(12-15(14)2)26-21-9-5-8-20(18(21)13-24-26)25-22(27)17-6-3-4-7-19(17)23/h3-4,6-7,10-13,20H,5,8-9H2,1-2H3,(H,25,27). The van der Waals surface area contributed by atoms with Crippen molar-refractivity contribution in [1.82, 2.24) is 15.1 Å². The van der Waals surface area contributed by atoms with Gasteiger partial charge in [0.1, 0.15) is 0 Å². The third-order valence-corrected chi connectivity index (χ3v) is 5.67. The fourth-order valence-corrected chi connectivity index (χ4v) is 3.89. The van der Waals surface area contributed by atoms with Gasteiger partial charge in [0.2, 0.25) is 0 Å². The Kier molecular flexibility index (Phi) is 4.75. The molecule has 0 saturated carbocycles. The molecule has 1 unspecified atom stereocenters. The highest BCUT2D eigenvalue weighted by atomic mass is 35.5. The van der Waals surface area contributed by atoms with Gasteiger partial charge >= 0.3 is 0 Å². The summed E-state index contributed by atoms with van der Waals surface area (Å²) in [5.74, 6) is -0.141. The summed E-state index contributed by atoms with van der Waals surface area (Å²) in [5, 5.41) is 8.24. The summed E-state index contributed by atoms with van der Waals surface area (Å²) in [6.07, 6.45) is 4.76. The number of nitrogens with one attached hydrogen (secondary N) is 1. The highest BCUT2D eigenvalue weighted by Crippen LogP contribution is 2.32. The zero-order chi connectivity index (χ0) is 19.0. The van der Waals surface area contributed by atoms with Crippen LogP contribution in [0, 0.1) is 13.8 Å². The Bertz CT molecular complexity index is 1010. The molecule has 1 aliphatic carbocycles. The van der Waals surface area contributed by atoms with Crippen LogP contribution in [0.5, 0.6) is 0 Å². The molecule has 1 aromatic heterocycles. The van der Waals surface area contributed by atoms with Crippen LogP contribution < -0.4 is 5.32 Å². The summed E-state index contributed by atoms with van der Waals surface area (Å²) in [4.78, 5) is 12.7. The first kappa shape index (κ1) is 17.8. The van der Waals surface area contributed by atoms with Crippen LogP contribution in [0.1, 0.15) is 51.6 Å². The first-order chi connectivity index (χ1) is 13.0. The highest BCUT2D eigenvalue weighted by molar-refractivity contribution is 6.33.